The van der Waals surface area contributed by atoms with E-state index in [0.29, 0.717) is 16.4 Å². The molecular formula is C17H14ClN3O2. The molecule has 0 aliphatic heterocycles. The Kier molecular flexibility index (Phi) is 4.04. The van der Waals surface area contributed by atoms with Crippen LogP contribution in [0.2, 0.25) is 5.02 Å². The van der Waals surface area contributed by atoms with Gasteiger partial charge in [0.1, 0.15) is 5.69 Å². The van der Waals surface area contributed by atoms with Gasteiger partial charge in [0.15, 0.2) is 0 Å². The van der Waals surface area contributed by atoms with Crippen LogP contribution >= 0.6 is 11.6 Å². The first-order chi connectivity index (χ1) is 11.0. The average Bonchev–Trinajstić information content (AvgIpc) is 2.92. The van der Waals surface area contributed by atoms with Gasteiger partial charge in [-0.2, -0.15) is 0 Å². The lowest BCUT2D eigenvalue weighted by Gasteiger charge is -2.05. The van der Waals surface area contributed by atoms with Crippen LogP contribution in [0, 0.1) is 0 Å². The van der Waals surface area contributed by atoms with Gasteiger partial charge in [0.2, 0.25) is 5.91 Å². The largest absolute Gasteiger partial charge is 0.369 e. The lowest BCUT2D eigenvalue weighted by Crippen LogP contribution is -2.14. The fourth-order valence-corrected chi connectivity index (χ4v) is 2.50. The summed E-state index contributed by atoms with van der Waals surface area (Å²) in [5, 5.41) is 4.32. The van der Waals surface area contributed by atoms with Gasteiger partial charge in [-0.25, -0.2) is 0 Å². The number of hydrogen-bond acceptors (Lipinski definition) is 2. The number of hydrogen-bond donors (Lipinski definition) is 3. The number of H-pyrrole nitrogens is 1. The van der Waals surface area contributed by atoms with Crippen molar-refractivity contribution < 1.29 is 9.59 Å². The molecule has 5 nitrogen and oxygen atoms in total. The van der Waals surface area contributed by atoms with Crippen molar-refractivity contribution in [2.45, 2.75) is 6.42 Å². The minimum Gasteiger partial charge on any atom is -0.369 e. The van der Waals surface area contributed by atoms with Crippen molar-refractivity contribution in [1.82, 2.24) is 4.98 Å². The van der Waals surface area contributed by atoms with Crippen LogP contribution in [0.3, 0.4) is 0 Å². The van der Waals surface area contributed by atoms with Gasteiger partial charge in [0.05, 0.1) is 6.42 Å². The van der Waals surface area contributed by atoms with Crippen LogP contribution in [-0.4, -0.2) is 16.8 Å². The molecular weight excluding hydrogens is 314 g/mol. The molecule has 1 aromatic heterocycles. The molecule has 0 aliphatic carbocycles. The molecule has 116 valence electrons. The highest BCUT2D eigenvalue weighted by Crippen LogP contribution is 2.20. The molecule has 0 saturated carbocycles. The molecule has 0 atom stereocenters. The maximum Gasteiger partial charge on any atom is 0.272 e. The second-order valence-electron chi connectivity index (χ2n) is 5.21. The van der Waals surface area contributed by atoms with Crippen LogP contribution < -0.4 is 11.1 Å². The molecule has 2 aromatic carbocycles. The summed E-state index contributed by atoms with van der Waals surface area (Å²) in [6, 6.07) is 14.1. The average molecular weight is 328 g/mol. The molecule has 0 saturated heterocycles. The minimum atomic E-state index is -0.390. The van der Waals surface area contributed by atoms with E-state index in [1.165, 1.54) is 0 Å². The normalized spacial score (nSPS) is 10.7. The van der Waals surface area contributed by atoms with Crippen LogP contribution in [0.25, 0.3) is 10.9 Å². The van der Waals surface area contributed by atoms with E-state index in [1.807, 2.05) is 6.07 Å². The summed E-state index contributed by atoms with van der Waals surface area (Å²) >= 11 is 5.93. The summed E-state index contributed by atoms with van der Waals surface area (Å²) < 4.78 is 0. The SMILES string of the molecule is NC(=O)Cc1ccc(NC(=O)c2cc3ccc(Cl)cc3[nH]2)cc1. The number of carbonyl (C=O) groups excluding carboxylic acids is 2. The number of fused-ring (bicyclic) bond motifs is 1. The third-order valence-electron chi connectivity index (χ3n) is 3.42. The summed E-state index contributed by atoms with van der Waals surface area (Å²) in [7, 11) is 0. The molecule has 3 rings (SSSR count). The fourth-order valence-electron chi connectivity index (χ4n) is 2.33. The molecule has 0 unspecified atom stereocenters. The first kappa shape index (κ1) is 15.1. The molecule has 4 N–H and O–H groups in total. The third kappa shape index (κ3) is 3.52. The number of nitrogens with two attached hydrogens (primary N) is 1. The maximum atomic E-state index is 12.3. The lowest BCUT2D eigenvalue weighted by molar-refractivity contribution is -0.117. The quantitative estimate of drug-likeness (QED) is 0.687. The Bertz CT molecular complexity index is 884. The van der Waals surface area contributed by atoms with Crippen molar-refractivity contribution in [3.8, 4) is 0 Å². The van der Waals surface area contributed by atoms with Gasteiger partial charge >= 0.3 is 0 Å². The maximum absolute atomic E-state index is 12.3. The van der Waals surface area contributed by atoms with Crippen molar-refractivity contribution in [2.75, 3.05) is 5.32 Å². The van der Waals surface area contributed by atoms with Gasteiger partial charge in [-0.1, -0.05) is 29.8 Å². The van der Waals surface area contributed by atoms with Crippen LogP contribution in [0.5, 0.6) is 0 Å². The molecule has 0 fully saturated rings. The number of aromatic nitrogens is 1. The zero-order chi connectivity index (χ0) is 16.4. The zero-order valence-corrected chi connectivity index (χ0v) is 12.9. The smallest absolute Gasteiger partial charge is 0.272 e. The highest BCUT2D eigenvalue weighted by atomic mass is 35.5. The summed E-state index contributed by atoms with van der Waals surface area (Å²) in [5.41, 5.74) is 7.84. The number of anilines is 1. The topological polar surface area (TPSA) is 88.0 Å². The molecule has 0 aliphatic rings. The molecule has 3 aromatic rings. The lowest BCUT2D eigenvalue weighted by atomic mass is 10.1. The van der Waals surface area contributed by atoms with Crippen molar-refractivity contribution in [1.29, 1.82) is 0 Å². The van der Waals surface area contributed by atoms with Crippen molar-refractivity contribution in [2.24, 2.45) is 5.73 Å². The number of halogens is 1. The predicted molar refractivity (Wildman–Crippen MR) is 90.6 cm³/mol. The number of rotatable bonds is 4. The molecule has 23 heavy (non-hydrogen) atoms. The first-order valence-electron chi connectivity index (χ1n) is 6.98. The number of amides is 2. The number of nitrogens with one attached hydrogen (secondary N) is 2. The van der Waals surface area contributed by atoms with Gasteiger partial charge in [-0.15, -0.1) is 0 Å². The summed E-state index contributed by atoms with van der Waals surface area (Å²) in [6.45, 7) is 0. The molecule has 2 amide bonds. The summed E-state index contributed by atoms with van der Waals surface area (Å²) in [4.78, 5) is 26.2. The molecule has 0 spiro atoms. The van der Waals surface area contributed by atoms with Gasteiger partial charge in [0, 0.05) is 21.6 Å². The van der Waals surface area contributed by atoms with Crippen molar-refractivity contribution in [3.63, 3.8) is 0 Å². The number of primary amides is 1. The van der Waals surface area contributed by atoms with E-state index in [-0.39, 0.29) is 12.3 Å². The van der Waals surface area contributed by atoms with Gasteiger partial charge < -0.3 is 16.0 Å². The Morgan fingerprint density at radius 1 is 1.09 bits per heavy atom. The van der Waals surface area contributed by atoms with Crippen LogP contribution in [0.15, 0.2) is 48.5 Å². The van der Waals surface area contributed by atoms with Crippen LogP contribution in [0.1, 0.15) is 16.1 Å². The highest BCUT2D eigenvalue weighted by Gasteiger charge is 2.10. The van der Waals surface area contributed by atoms with E-state index in [4.69, 9.17) is 17.3 Å². The van der Waals surface area contributed by atoms with Crippen LogP contribution in [-0.2, 0) is 11.2 Å². The standard InChI is InChI=1S/C17H14ClN3O2/c18-12-4-3-11-8-15(21-14(11)9-12)17(23)20-13-5-1-10(2-6-13)7-16(19)22/h1-6,8-9,21H,7H2,(H2,19,22)(H,20,23). The van der Waals surface area contributed by atoms with Gasteiger partial charge in [-0.05, 0) is 35.9 Å². The Hall–Kier alpha value is -2.79. The Morgan fingerprint density at radius 2 is 1.83 bits per heavy atom. The predicted octanol–water partition coefficient (Wildman–Crippen LogP) is 3.10. The molecule has 6 heteroatoms. The molecule has 0 radical (unpaired) electrons. The molecule has 0 bridgehead atoms. The fraction of sp³-hybridized carbons (Fsp3) is 0.0588. The van der Waals surface area contributed by atoms with E-state index in [2.05, 4.69) is 10.3 Å². The minimum absolute atomic E-state index is 0.178. The zero-order valence-electron chi connectivity index (χ0n) is 12.1. The van der Waals surface area contributed by atoms with Gasteiger partial charge in [0.25, 0.3) is 5.91 Å². The van der Waals surface area contributed by atoms with Crippen molar-refractivity contribution in [3.05, 3.63) is 64.8 Å². The van der Waals surface area contributed by atoms with E-state index >= 15 is 0 Å². The van der Waals surface area contributed by atoms with Crippen LogP contribution in [0.4, 0.5) is 5.69 Å². The summed E-state index contributed by atoms with van der Waals surface area (Å²) in [5.74, 6) is -0.640. The van der Waals surface area contributed by atoms with Gasteiger partial charge in [-0.3, -0.25) is 9.59 Å². The molecule has 1 heterocycles. The number of carbonyl (C=O) groups is 2. The summed E-state index contributed by atoms with van der Waals surface area (Å²) in [6.07, 6.45) is 0.178. The highest BCUT2D eigenvalue weighted by molar-refractivity contribution is 6.31. The van der Waals surface area contributed by atoms with E-state index in [9.17, 15) is 9.59 Å². The second kappa shape index (κ2) is 6.14. The van der Waals surface area contributed by atoms with E-state index in [0.717, 1.165) is 16.5 Å². The van der Waals surface area contributed by atoms with E-state index < -0.39 is 5.91 Å². The Morgan fingerprint density at radius 3 is 2.52 bits per heavy atom. The number of aromatic amines is 1. The second-order valence-corrected chi connectivity index (χ2v) is 5.65. The Labute approximate surface area is 137 Å². The first-order valence-corrected chi connectivity index (χ1v) is 7.36. The monoisotopic (exact) mass is 327 g/mol. The third-order valence-corrected chi connectivity index (χ3v) is 3.65. The van der Waals surface area contributed by atoms with E-state index in [1.54, 1.807) is 42.5 Å². The van der Waals surface area contributed by atoms with Crippen molar-refractivity contribution >= 4 is 40.0 Å². The number of benzene rings is 2. The Balaban J connectivity index is 1.76.